The number of aromatic nitrogens is 2. The summed E-state index contributed by atoms with van der Waals surface area (Å²) in [7, 11) is -1.71. The van der Waals surface area contributed by atoms with Gasteiger partial charge in [0.25, 0.3) is 5.92 Å². The highest BCUT2D eigenvalue weighted by atomic mass is 31.2. The third kappa shape index (κ3) is 13.6. The number of nitrogens with zero attached hydrogens (tertiary/aromatic N) is 2. The lowest BCUT2D eigenvalue weighted by Crippen LogP contribution is -2.35. The van der Waals surface area contributed by atoms with E-state index >= 15 is 0 Å². The number of para-hydroxylation sites is 1. The van der Waals surface area contributed by atoms with Crippen molar-refractivity contribution in [3.8, 4) is 5.75 Å². The summed E-state index contributed by atoms with van der Waals surface area (Å²) in [6.45, 7) is 2.43. The quantitative estimate of drug-likeness (QED) is 0.111. The van der Waals surface area contributed by atoms with Gasteiger partial charge in [0.05, 0.1) is 19.3 Å². The number of aliphatic carboxylic acids is 1. The molecule has 10 nitrogen and oxygen atoms in total. The number of carboxylic acids is 1. The molecular weight excluding hydrogens is 619 g/mol. The van der Waals surface area contributed by atoms with Crippen LogP contribution in [0, 0.1) is 0 Å². The molecule has 0 spiro atoms. The van der Waals surface area contributed by atoms with E-state index in [-0.39, 0.29) is 12.4 Å². The van der Waals surface area contributed by atoms with E-state index in [1.807, 2.05) is 18.2 Å². The zero-order chi connectivity index (χ0) is 33.2. The summed E-state index contributed by atoms with van der Waals surface area (Å²) >= 11 is 0. The summed E-state index contributed by atoms with van der Waals surface area (Å²) in [5, 5.41) is 8.50. The fourth-order valence-corrected chi connectivity index (χ4v) is 6.38. The molecule has 258 valence electrons. The number of rotatable bonds is 19. The summed E-state index contributed by atoms with van der Waals surface area (Å²) in [5.41, 5.74) is 5.37. The Kier molecular flexibility index (Phi) is 16.9. The molecule has 0 aliphatic carbocycles. The van der Waals surface area contributed by atoms with E-state index in [9.17, 15) is 18.4 Å². The van der Waals surface area contributed by atoms with Crippen LogP contribution in [0.3, 0.4) is 0 Å². The first-order chi connectivity index (χ1) is 22.2. The number of hydrogen-bond acceptors (Lipinski definition) is 8. The van der Waals surface area contributed by atoms with E-state index < -0.39 is 44.9 Å². The molecule has 2 aliphatic heterocycles. The van der Waals surface area contributed by atoms with Crippen molar-refractivity contribution in [2.24, 2.45) is 0 Å². The van der Waals surface area contributed by atoms with Gasteiger partial charge in [-0.05, 0) is 18.6 Å². The van der Waals surface area contributed by atoms with Crippen LogP contribution in [0.25, 0.3) is 0 Å². The predicted molar refractivity (Wildman–Crippen MR) is 174 cm³/mol. The highest BCUT2D eigenvalue weighted by Gasteiger charge is 2.52. The van der Waals surface area contributed by atoms with Crippen molar-refractivity contribution in [1.29, 1.82) is 0 Å². The number of halogens is 2. The molecule has 1 aromatic heterocycles. The normalized spacial score (nSPS) is 19.9. The Hall–Kier alpha value is -2.66. The second-order valence-electron chi connectivity index (χ2n) is 11.8. The molecule has 3 heterocycles. The molecular formula is C33H50F2N3O7P. The Balaban J connectivity index is 0.000000269. The number of benzene rings is 1. The molecule has 1 saturated heterocycles. The Bertz CT molecular complexity index is 1240. The fourth-order valence-electron chi connectivity index (χ4n) is 5.33. The number of hydrogen-bond donors (Lipinski definition) is 2. The molecule has 2 aromatic rings. The average molecular weight is 670 g/mol. The first-order valence-corrected chi connectivity index (χ1v) is 17.7. The number of alkyl halides is 2. The van der Waals surface area contributed by atoms with Crippen molar-refractivity contribution in [3.05, 3.63) is 52.6 Å². The van der Waals surface area contributed by atoms with Gasteiger partial charge >= 0.3 is 20.3 Å². The summed E-state index contributed by atoms with van der Waals surface area (Å²) in [6.07, 6.45) is 16.6. The molecule has 4 rings (SSSR count). The van der Waals surface area contributed by atoms with Gasteiger partial charge in [0.1, 0.15) is 11.6 Å². The lowest BCUT2D eigenvalue weighted by atomic mass is 10.0. The maximum Gasteiger partial charge on any atom is 0.397 e. The Labute approximate surface area is 272 Å². The minimum atomic E-state index is -3.26. The average Bonchev–Trinajstić information content (AvgIpc) is 3.33. The number of unbranched alkanes of at least 4 members (excludes halogenated alkanes) is 13. The van der Waals surface area contributed by atoms with Crippen LogP contribution in [0.4, 0.5) is 14.6 Å². The molecule has 1 aromatic carbocycles. The maximum atomic E-state index is 14.3. The largest absolute Gasteiger partial charge is 0.481 e. The van der Waals surface area contributed by atoms with E-state index in [1.165, 1.54) is 83.1 Å². The van der Waals surface area contributed by atoms with Gasteiger partial charge in [-0.1, -0.05) is 109 Å². The molecule has 3 unspecified atom stereocenters. The topological polar surface area (TPSA) is 135 Å². The zero-order valence-corrected chi connectivity index (χ0v) is 27.8. The van der Waals surface area contributed by atoms with E-state index in [1.54, 1.807) is 6.07 Å². The number of carbonyl (C=O) groups is 1. The van der Waals surface area contributed by atoms with Crippen molar-refractivity contribution in [1.82, 2.24) is 9.55 Å². The molecule has 13 heteroatoms. The first-order valence-electron chi connectivity index (χ1n) is 16.6. The van der Waals surface area contributed by atoms with Gasteiger partial charge in [-0.2, -0.15) is 4.98 Å². The molecule has 1 fully saturated rings. The molecule has 2 aliphatic rings. The lowest BCUT2D eigenvalue weighted by Gasteiger charge is -2.24. The standard InChI is InChI=1S/C17H34O2.C16H16F2N3O5P/c1-2-3-4-5-6-7-8-9-10-11-12-13-14-15-16-17(18)19;17-16(18)7-11(25-14(16)21-6-5-13(19)20-15(21)22)9-24-27-23-8-10-3-1-2-4-12(10)26-27/h2-16H2,1H3,(H,18,19);1-6,11,14H,7-9H2,(H2,19,20,22). The Morgan fingerprint density at radius 1 is 1.02 bits per heavy atom. The van der Waals surface area contributed by atoms with Crippen LogP contribution in [-0.4, -0.2) is 39.3 Å². The zero-order valence-electron chi connectivity index (χ0n) is 26.9. The van der Waals surface area contributed by atoms with Gasteiger partial charge < -0.3 is 20.1 Å². The minimum absolute atomic E-state index is 0.0490. The van der Waals surface area contributed by atoms with Crippen LogP contribution >= 0.6 is 8.60 Å². The molecule has 0 saturated carbocycles. The number of anilines is 1. The fraction of sp³-hybridized carbons (Fsp3) is 0.667. The van der Waals surface area contributed by atoms with Crippen molar-refractivity contribution < 1.29 is 37.0 Å². The van der Waals surface area contributed by atoms with Gasteiger partial charge in [-0.25, -0.2) is 13.6 Å². The van der Waals surface area contributed by atoms with Crippen molar-refractivity contribution >= 4 is 20.4 Å². The van der Waals surface area contributed by atoms with Crippen LogP contribution < -0.4 is 15.9 Å². The van der Waals surface area contributed by atoms with Crippen molar-refractivity contribution in [2.75, 3.05) is 12.3 Å². The summed E-state index contributed by atoms with van der Waals surface area (Å²) in [6, 6.07) is 8.60. The Morgan fingerprint density at radius 2 is 1.63 bits per heavy atom. The number of ether oxygens (including phenoxy) is 1. The van der Waals surface area contributed by atoms with E-state index in [0.717, 1.165) is 29.2 Å². The highest BCUT2D eigenvalue weighted by Crippen LogP contribution is 2.48. The predicted octanol–water partition coefficient (Wildman–Crippen LogP) is 8.54. The van der Waals surface area contributed by atoms with Crippen molar-refractivity contribution in [3.63, 3.8) is 0 Å². The molecule has 0 amide bonds. The van der Waals surface area contributed by atoms with E-state index in [2.05, 4.69) is 11.9 Å². The smallest absolute Gasteiger partial charge is 0.397 e. The third-order valence-corrected chi connectivity index (χ3v) is 8.91. The monoisotopic (exact) mass is 669 g/mol. The lowest BCUT2D eigenvalue weighted by molar-refractivity contribution is -0.137. The van der Waals surface area contributed by atoms with Crippen LogP contribution in [0.2, 0.25) is 0 Å². The molecule has 46 heavy (non-hydrogen) atoms. The van der Waals surface area contributed by atoms with Gasteiger partial charge in [0.15, 0.2) is 0 Å². The summed E-state index contributed by atoms with van der Waals surface area (Å²) in [5.74, 6) is -3.32. The first kappa shape index (κ1) is 37.8. The molecule has 0 bridgehead atoms. The SMILES string of the molecule is CCCCCCCCCCCCCCCCC(=O)O.Nc1ccn(C2OC(COP3OCc4ccccc4O3)CC2(F)F)c(=O)n1. The minimum Gasteiger partial charge on any atom is -0.481 e. The summed E-state index contributed by atoms with van der Waals surface area (Å²) < 4.78 is 51.3. The van der Waals surface area contributed by atoms with E-state index in [0.29, 0.717) is 18.8 Å². The highest BCUT2D eigenvalue weighted by molar-refractivity contribution is 7.42. The third-order valence-electron chi connectivity index (χ3n) is 7.87. The van der Waals surface area contributed by atoms with Crippen molar-refractivity contribution in [2.45, 2.75) is 135 Å². The number of nitrogen functional groups attached to an aromatic ring is 1. The number of nitrogens with two attached hydrogens (primary N) is 1. The van der Waals surface area contributed by atoms with Gasteiger partial charge in [0.2, 0.25) is 6.23 Å². The van der Waals surface area contributed by atoms with Gasteiger partial charge in [-0.15, -0.1) is 0 Å². The van der Waals surface area contributed by atoms with Crippen LogP contribution in [0.1, 0.15) is 121 Å². The molecule has 3 atom stereocenters. The Morgan fingerprint density at radius 3 is 2.24 bits per heavy atom. The van der Waals surface area contributed by atoms with E-state index in [4.69, 9.17) is 29.1 Å². The second kappa shape index (κ2) is 20.5. The summed E-state index contributed by atoms with van der Waals surface area (Å²) in [4.78, 5) is 25.6. The molecule has 3 N–H and O–H groups in total. The van der Waals surface area contributed by atoms with Gasteiger partial charge in [-0.3, -0.25) is 18.4 Å². The van der Waals surface area contributed by atoms with Gasteiger partial charge in [0, 0.05) is 24.6 Å². The van der Waals surface area contributed by atoms with Crippen LogP contribution in [0.15, 0.2) is 41.3 Å². The van der Waals surface area contributed by atoms with Crippen LogP contribution in [-0.2, 0) is 25.2 Å². The van der Waals surface area contributed by atoms with Crippen LogP contribution in [0.5, 0.6) is 5.75 Å². The molecule has 0 radical (unpaired) electrons. The maximum absolute atomic E-state index is 14.3. The number of carboxylic acid groups (broad SMARTS) is 1. The number of fused-ring (bicyclic) bond motifs is 1. The second-order valence-corrected chi connectivity index (χ2v) is 13.0.